The van der Waals surface area contributed by atoms with Crippen molar-refractivity contribution in [3.63, 3.8) is 0 Å². The molecule has 1 aromatic carbocycles. The molecule has 22 heavy (non-hydrogen) atoms. The standard InChI is InChI=1S/C15H20FN3O2S/c1-10-15(12(3)19(4)17-10)11(2)18-22(20,21)9-13-6-5-7-14(16)8-13/h5-8,11,18H,9H2,1-4H3/t11-/m0/s1. The average molecular weight is 325 g/mol. The van der Waals surface area contributed by atoms with Crippen molar-refractivity contribution in [2.75, 3.05) is 0 Å². The van der Waals surface area contributed by atoms with Gasteiger partial charge in [0.15, 0.2) is 0 Å². The van der Waals surface area contributed by atoms with Crippen LogP contribution in [0.1, 0.15) is 35.5 Å². The molecule has 5 nitrogen and oxygen atoms in total. The molecule has 0 spiro atoms. The zero-order valence-electron chi connectivity index (χ0n) is 13.1. The molecule has 120 valence electrons. The predicted octanol–water partition coefficient (Wildman–Crippen LogP) is 2.36. The summed E-state index contributed by atoms with van der Waals surface area (Å²) in [5.74, 6) is -0.701. The van der Waals surface area contributed by atoms with Gasteiger partial charge in [-0.05, 0) is 38.5 Å². The molecule has 0 aliphatic rings. The number of rotatable bonds is 5. The fourth-order valence-corrected chi connectivity index (χ4v) is 3.99. The Bertz CT molecular complexity index is 784. The number of benzene rings is 1. The zero-order valence-corrected chi connectivity index (χ0v) is 13.9. The van der Waals surface area contributed by atoms with Crippen molar-refractivity contribution in [3.05, 3.63) is 52.6 Å². The third kappa shape index (κ3) is 3.72. The summed E-state index contributed by atoms with van der Waals surface area (Å²) in [6.07, 6.45) is 0. The SMILES string of the molecule is Cc1nn(C)c(C)c1[C@H](C)NS(=O)(=O)Cc1cccc(F)c1. The summed E-state index contributed by atoms with van der Waals surface area (Å²) in [5, 5.41) is 4.29. The number of hydrogen-bond donors (Lipinski definition) is 1. The third-order valence-electron chi connectivity index (χ3n) is 3.60. The van der Waals surface area contributed by atoms with Crippen molar-refractivity contribution in [3.8, 4) is 0 Å². The van der Waals surface area contributed by atoms with Crippen LogP contribution in [0.15, 0.2) is 24.3 Å². The van der Waals surface area contributed by atoms with Crippen molar-refractivity contribution in [1.29, 1.82) is 0 Å². The molecule has 7 heteroatoms. The number of aromatic nitrogens is 2. The zero-order chi connectivity index (χ0) is 16.5. The Labute approximate surface area is 130 Å². The lowest BCUT2D eigenvalue weighted by Gasteiger charge is -2.15. The van der Waals surface area contributed by atoms with E-state index in [1.807, 2.05) is 20.9 Å². The van der Waals surface area contributed by atoms with Gasteiger partial charge in [-0.15, -0.1) is 0 Å². The van der Waals surface area contributed by atoms with Crippen LogP contribution in [-0.4, -0.2) is 18.2 Å². The van der Waals surface area contributed by atoms with Crippen LogP contribution < -0.4 is 4.72 Å². The molecule has 0 bridgehead atoms. The summed E-state index contributed by atoms with van der Waals surface area (Å²) in [6.45, 7) is 5.52. The van der Waals surface area contributed by atoms with Gasteiger partial charge in [-0.25, -0.2) is 17.5 Å². The van der Waals surface area contributed by atoms with Gasteiger partial charge in [0.1, 0.15) is 5.82 Å². The second-order valence-electron chi connectivity index (χ2n) is 5.44. The Morgan fingerprint density at radius 3 is 2.59 bits per heavy atom. The van der Waals surface area contributed by atoms with Crippen LogP contribution in [0.25, 0.3) is 0 Å². The van der Waals surface area contributed by atoms with Gasteiger partial charge in [-0.3, -0.25) is 4.68 Å². The van der Waals surface area contributed by atoms with E-state index in [1.54, 1.807) is 17.7 Å². The smallest absolute Gasteiger partial charge is 0.216 e. The molecule has 0 saturated carbocycles. The molecule has 0 saturated heterocycles. The maximum absolute atomic E-state index is 13.2. The van der Waals surface area contributed by atoms with Gasteiger partial charge >= 0.3 is 0 Å². The summed E-state index contributed by atoms with van der Waals surface area (Å²) in [4.78, 5) is 0. The van der Waals surface area contributed by atoms with E-state index < -0.39 is 21.9 Å². The van der Waals surface area contributed by atoms with Gasteiger partial charge in [0.05, 0.1) is 11.4 Å². The molecule has 1 aromatic heterocycles. The highest BCUT2D eigenvalue weighted by molar-refractivity contribution is 7.88. The Hall–Kier alpha value is -1.73. The largest absolute Gasteiger partial charge is 0.272 e. The second-order valence-corrected chi connectivity index (χ2v) is 7.19. The summed E-state index contributed by atoms with van der Waals surface area (Å²) in [7, 11) is -1.76. The predicted molar refractivity (Wildman–Crippen MR) is 83.3 cm³/mol. The van der Waals surface area contributed by atoms with E-state index in [2.05, 4.69) is 9.82 Å². The number of nitrogens with zero attached hydrogens (tertiary/aromatic N) is 2. The van der Waals surface area contributed by atoms with Crippen LogP contribution in [-0.2, 0) is 22.8 Å². The highest BCUT2D eigenvalue weighted by atomic mass is 32.2. The van der Waals surface area contributed by atoms with Gasteiger partial charge in [0.2, 0.25) is 10.0 Å². The molecular formula is C15H20FN3O2S. The Morgan fingerprint density at radius 1 is 1.36 bits per heavy atom. The van der Waals surface area contributed by atoms with Gasteiger partial charge in [0.25, 0.3) is 0 Å². The molecule has 2 rings (SSSR count). The molecule has 0 amide bonds. The summed E-state index contributed by atoms with van der Waals surface area (Å²) < 4.78 is 42.0. The molecule has 1 heterocycles. The number of aryl methyl sites for hydroxylation is 2. The maximum Gasteiger partial charge on any atom is 0.216 e. The van der Waals surface area contributed by atoms with Crippen LogP contribution in [0.5, 0.6) is 0 Å². The second kappa shape index (κ2) is 6.18. The van der Waals surface area contributed by atoms with Gasteiger partial charge in [-0.2, -0.15) is 5.10 Å². The van der Waals surface area contributed by atoms with E-state index in [-0.39, 0.29) is 5.75 Å². The van der Waals surface area contributed by atoms with Gasteiger partial charge in [0, 0.05) is 24.3 Å². The number of halogens is 1. The maximum atomic E-state index is 13.2. The first-order chi connectivity index (χ1) is 10.2. The van der Waals surface area contributed by atoms with Gasteiger partial charge in [-0.1, -0.05) is 12.1 Å². The molecule has 1 atom stereocenters. The molecular weight excluding hydrogens is 305 g/mol. The van der Waals surface area contributed by atoms with Crippen LogP contribution >= 0.6 is 0 Å². The average Bonchev–Trinajstić information content (AvgIpc) is 2.61. The number of hydrogen-bond acceptors (Lipinski definition) is 3. The molecule has 0 unspecified atom stereocenters. The number of nitrogens with one attached hydrogen (secondary N) is 1. The molecule has 0 aliphatic carbocycles. The first-order valence-electron chi connectivity index (χ1n) is 6.94. The molecule has 0 fully saturated rings. The minimum absolute atomic E-state index is 0.256. The fraction of sp³-hybridized carbons (Fsp3) is 0.400. The lowest BCUT2D eigenvalue weighted by atomic mass is 10.1. The highest BCUT2D eigenvalue weighted by Gasteiger charge is 2.21. The monoisotopic (exact) mass is 325 g/mol. The van der Waals surface area contributed by atoms with Crippen LogP contribution in [0.2, 0.25) is 0 Å². The van der Waals surface area contributed by atoms with Crippen molar-refractivity contribution < 1.29 is 12.8 Å². The van der Waals surface area contributed by atoms with Crippen molar-refractivity contribution >= 4 is 10.0 Å². The molecule has 0 radical (unpaired) electrons. The van der Waals surface area contributed by atoms with Crippen LogP contribution in [0, 0.1) is 19.7 Å². The summed E-state index contributed by atoms with van der Waals surface area (Å²) in [6, 6.07) is 5.21. The minimum Gasteiger partial charge on any atom is -0.272 e. The van der Waals surface area contributed by atoms with Crippen molar-refractivity contribution in [1.82, 2.24) is 14.5 Å². The lowest BCUT2D eigenvalue weighted by molar-refractivity contribution is 0.564. The Morgan fingerprint density at radius 2 is 2.05 bits per heavy atom. The highest BCUT2D eigenvalue weighted by Crippen LogP contribution is 2.22. The van der Waals surface area contributed by atoms with E-state index in [0.717, 1.165) is 17.0 Å². The topological polar surface area (TPSA) is 64.0 Å². The minimum atomic E-state index is -3.58. The van der Waals surface area contributed by atoms with E-state index in [1.165, 1.54) is 18.2 Å². The van der Waals surface area contributed by atoms with Crippen molar-refractivity contribution in [2.45, 2.75) is 32.6 Å². The third-order valence-corrected chi connectivity index (χ3v) is 5.03. The Balaban J connectivity index is 2.18. The van der Waals surface area contributed by atoms with E-state index in [4.69, 9.17) is 0 Å². The Kier molecular flexibility index (Phi) is 4.67. The van der Waals surface area contributed by atoms with E-state index >= 15 is 0 Å². The lowest BCUT2D eigenvalue weighted by Crippen LogP contribution is -2.28. The van der Waals surface area contributed by atoms with E-state index in [0.29, 0.717) is 5.56 Å². The first kappa shape index (κ1) is 16.6. The fourth-order valence-electron chi connectivity index (χ4n) is 2.63. The van der Waals surface area contributed by atoms with Crippen molar-refractivity contribution in [2.24, 2.45) is 7.05 Å². The first-order valence-corrected chi connectivity index (χ1v) is 8.59. The summed E-state index contributed by atoms with van der Waals surface area (Å²) in [5.41, 5.74) is 2.99. The number of sulfonamides is 1. The molecule has 0 aliphatic heterocycles. The van der Waals surface area contributed by atoms with Gasteiger partial charge < -0.3 is 0 Å². The quantitative estimate of drug-likeness (QED) is 0.918. The molecule has 2 aromatic rings. The summed E-state index contributed by atoms with van der Waals surface area (Å²) >= 11 is 0. The van der Waals surface area contributed by atoms with E-state index in [9.17, 15) is 12.8 Å². The molecule has 1 N–H and O–H groups in total. The van der Waals surface area contributed by atoms with Crippen LogP contribution in [0.4, 0.5) is 4.39 Å². The normalized spacial score (nSPS) is 13.3. The van der Waals surface area contributed by atoms with Crippen LogP contribution in [0.3, 0.4) is 0 Å².